The molecule has 0 atom stereocenters. The monoisotopic (exact) mass is 180 g/mol. The van der Waals surface area contributed by atoms with E-state index in [2.05, 4.69) is 10.5 Å². The fourth-order valence-electron chi connectivity index (χ4n) is 0.653. The first-order valence-corrected chi connectivity index (χ1v) is 4.06. The van der Waals surface area contributed by atoms with Gasteiger partial charge in [0.25, 0.3) is 0 Å². The Balaban J connectivity index is 2.39. The van der Waals surface area contributed by atoms with Gasteiger partial charge in [-0.1, -0.05) is 13.8 Å². The molecule has 4 heteroatoms. The van der Waals surface area contributed by atoms with Gasteiger partial charge in [0.15, 0.2) is 0 Å². The van der Waals surface area contributed by atoms with Gasteiger partial charge in [-0.15, -0.1) is 0 Å². The first-order valence-electron chi connectivity index (χ1n) is 4.06. The summed E-state index contributed by atoms with van der Waals surface area (Å²) < 4.78 is 4.98. The summed E-state index contributed by atoms with van der Waals surface area (Å²) in [5, 5.41) is 3.72. The number of carbonyl (C=O) groups is 1. The predicted molar refractivity (Wildman–Crippen MR) is 49.3 cm³/mol. The summed E-state index contributed by atoms with van der Waals surface area (Å²) >= 11 is 0. The Bertz CT molecular complexity index is 289. The van der Waals surface area contributed by atoms with Crippen LogP contribution < -0.4 is 5.43 Å². The van der Waals surface area contributed by atoms with E-state index in [1.54, 1.807) is 32.2 Å². The average Bonchev–Trinajstić information content (AvgIpc) is 2.56. The summed E-state index contributed by atoms with van der Waals surface area (Å²) in [6.45, 7) is 3.61. The number of hydrazone groups is 1. The molecule has 1 heterocycles. The van der Waals surface area contributed by atoms with Crippen LogP contribution in [0, 0.1) is 5.92 Å². The number of carbonyl (C=O) groups excluding carboxylic acids is 1. The van der Waals surface area contributed by atoms with Crippen LogP contribution in [0.2, 0.25) is 0 Å². The number of amides is 1. The fourth-order valence-corrected chi connectivity index (χ4v) is 0.653. The van der Waals surface area contributed by atoms with Crippen molar-refractivity contribution in [1.82, 2.24) is 5.43 Å². The van der Waals surface area contributed by atoms with Crippen molar-refractivity contribution >= 4 is 12.1 Å². The maximum Gasteiger partial charge on any atom is 0.242 e. The molecule has 0 aliphatic carbocycles. The smallest absolute Gasteiger partial charge is 0.242 e. The summed E-state index contributed by atoms with van der Waals surface area (Å²) in [6, 6.07) is 3.51. The lowest BCUT2D eigenvalue weighted by atomic mass is 10.2. The third-order valence-corrected chi connectivity index (χ3v) is 1.43. The van der Waals surface area contributed by atoms with E-state index in [0.717, 1.165) is 0 Å². The Morgan fingerprint density at radius 3 is 3.00 bits per heavy atom. The van der Waals surface area contributed by atoms with Crippen LogP contribution in [0.25, 0.3) is 0 Å². The Labute approximate surface area is 76.6 Å². The van der Waals surface area contributed by atoms with Gasteiger partial charge in [0.2, 0.25) is 5.91 Å². The van der Waals surface area contributed by atoms with E-state index < -0.39 is 0 Å². The van der Waals surface area contributed by atoms with Crippen LogP contribution in [-0.2, 0) is 4.79 Å². The van der Waals surface area contributed by atoms with Crippen molar-refractivity contribution in [2.45, 2.75) is 13.8 Å². The molecule has 0 saturated heterocycles. The number of nitrogens with one attached hydrogen (secondary N) is 1. The average molecular weight is 180 g/mol. The van der Waals surface area contributed by atoms with Gasteiger partial charge in [0.05, 0.1) is 12.5 Å². The lowest BCUT2D eigenvalue weighted by Crippen LogP contribution is -2.22. The summed E-state index contributed by atoms with van der Waals surface area (Å²) in [4.78, 5) is 11.0. The zero-order chi connectivity index (χ0) is 9.68. The minimum Gasteiger partial charge on any atom is -0.463 e. The van der Waals surface area contributed by atoms with Crippen molar-refractivity contribution in [3.8, 4) is 0 Å². The highest BCUT2D eigenvalue weighted by atomic mass is 16.3. The zero-order valence-electron chi connectivity index (χ0n) is 7.65. The van der Waals surface area contributed by atoms with Crippen molar-refractivity contribution < 1.29 is 9.21 Å². The number of rotatable bonds is 3. The van der Waals surface area contributed by atoms with Gasteiger partial charge in [0, 0.05) is 5.92 Å². The molecule has 0 unspecified atom stereocenters. The summed E-state index contributed by atoms with van der Waals surface area (Å²) in [7, 11) is 0. The van der Waals surface area contributed by atoms with Crippen molar-refractivity contribution in [3.05, 3.63) is 24.2 Å². The maximum absolute atomic E-state index is 11.0. The topological polar surface area (TPSA) is 54.6 Å². The molecule has 0 fully saturated rings. The second kappa shape index (κ2) is 4.45. The molecule has 0 saturated carbocycles. The quantitative estimate of drug-likeness (QED) is 0.564. The largest absolute Gasteiger partial charge is 0.463 e. The van der Waals surface area contributed by atoms with Crippen LogP contribution in [-0.4, -0.2) is 12.1 Å². The van der Waals surface area contributed by atoms with E-state index >= 15 is 0 Å². The van der Waals surface area contributed by atoms with Gasteiger partial charge < -0.3 is 4.42 Å². The molecule has 13 heavy (non-hydrogen) atoms. The van der Waals surface area contributed by atoms with Gasteiger partial charge in [-0.05, 0) is 12.1 Å². The molecule has 1 rings (SSSR count). The Morgan fingerprint density at radius 1 is 1.69 bits per heavy atom. The molecule has 0 bridgehead atoms. The minimum atomic E-state index is -0.109. The van der Waals surface area contributed by atoms with Crippen LogP contribution in [0.3, 0.4) is 0 Å². The van der Waals surface area contributed by atoms with Crippen molar-refractivity contribution in [2.24, 2.45) is 11.0 Å². The van der Waals surface area contributed by atoms with Crippen LogP contribution in [0.5, 0.6) is 0 Å². The molecule has 0 spiro atoms. The molecule has 1 aromatic heterocycles. The predicted octanol–water partition coefficient (Wildman–Crippen LogP) is 1.39. The van der Waals surface area contributed by atoms with Crippen LogP contribution in [0.15, 0.2) is 27.9 Å². The fraction of sp³-hybridized carbons (Fsp3) is 0.333. The Morgan fingerprint density at radius 2 is 2.46 bits per heavy atom. The standard InChI is InChI=1S/C9H12N2O2/c1-7(2)9(12)11-10-6-8-4-3-5-13-8/h3-7H,1-2H3,(H,11,12). The zero-order valence-corrected chi connectivity index (χ0v) is 7.65. The lowest BCUT2D eigenvalue weighted by molar-refractivity contribution is -0.123. The molecular weight excluding hydrogens is 168 g/mol. The van der Waals surface area contributed by atoms with E-state index in [4.69, 9.17) is 4.42 Å². The Kier molecular flexibility index (Phi) is 3.25. The molecule has 70 valence electrons. The molecule has 1 amide bonds. The number of hydrogen-bond acceptors (Lipinski definition) is 3. The van der Waals surface area contributed by atoms with E-state index in [9.17, 15) is 4.79 Å². The molecule has 4 nitrogen and oxygen atoms in total. The number of hydrogen-bond donors (Lipinski definition) is 1. The number of furan rings is 1. The van der Waals surface area contributed by atoms with Crippen molar-refractivity contribution in [1.29, 1.82) is 0 Å². The van der Waals surface area contributed by atoms with Gasteiger partial charge in [-0.3, -0.25) is 4.79 Å². The van der Waals surface area contributed by atoms with E-state index in [1.165, 1.54) is 6.21 Å². The Hall–Kier alpha value is -1.58. The van der Waals surface area contributed by atoms with Gasteiger partial charge in [-0.2, -0.15) is 5.10 Å². The van der Waals surface area contributed by atoms with Gasteiger partial charge in [-0.25, -0.2) is 5.43 Å². The highest BCUT2D eigenvalue weighted by Gasteiger charge is 2.03. The molecule has 0 aliphatic heterocycles. The van der Waals surface area contributed by atoms with E-state index in [1.807, 2.05) is 0 Å². The van der Waals surface area contributed by atoms with E-state index in [0.29, 0.717) is 5.76 Å². The molecule has 1 aromatic rings. The van der Waals surface area contributed by atoms with Crippen LogP contribution >= 0.6 is 0 Å². The van der Waals surface area contributed by atoms with Crippen molar-refractivity contribution in [2.75, 3.05) is 0 Å². The van der Waals surface area contributed by atoms with Gasteiger partial charge >= 0.3 is 0 Å². The lowest BCUT2D eigenvalue weighted by Gasteiger charge is -2.00. The molecule has 0 aromatic carbocycles. The van der Waals surface area contributed by atoms with Gasteiger partial charge in [0.1, 0.15) is 5.76 Å². The van der Waals surface area contributed by atoms with Crippen molar-refractivity contribution in [3.63, 3.8) is 0 Å². The number of nitrogens with zero attached hydrogens (tertiary/aromatic N) is 1. The third kappa shape index (κ3) is 3.11. The molecule has 1 N–H and O–H groups in total. The highest BCUT2D eigenvalue weighted by molar-refractivity contribution is 5.81. The molecule has 0 aliphatic rings. The summed E-state index contributed by atoms with van der Waals surface area (Å²) in [6.07, 6.45) is 3.01. The van der Waals surface area contributed by atoms with Crippen LogP contribution in [0.4, 0.5) is 0 Å². The first kappa shape index (κ1) is 9.51. The van der Waals surface area contributed by atoms with E-state index in [-0.39, 0.29) is 11.8 Å². The second-order valence-electron chi connectivity index (χ2n) is 2.90. The molecule has 0 radical (unpaired) electrons. The highest BCUT2D eigenvalue weighted by Crippen LogP contribution is 1.95. The summed E-state index contributed by atoms with van der Waals surface area (Å²) in [5.74, 6) is 0.445. The SMILES string of the molecule is CC(C)C(=O)NN=Cc1ccco1. The normalized spacial score (nSPS) is 11.0. The molecular formula is C9H12N2O2. The maximum atomic E-state index is 11.0. The minimum absolute atomic E-state index is 0.0613. The second-order valence-corrected chi connectivity index (χ2v) is 2.90. The first-order chi connectivity index (χ1) is 6.20. The third-order valence-electron chi connectivity index (χ3n) is 1.43. The van der Waals surface area contributed by atoms with Crippen LogP contribution in [0.1, 0.15) is 19.6 Å². The summed E-state index contributed by atoms with van der Waals surface area (Å²) in [5.41, 5.74) is 2.39.